The molecule has 0 unspecified atom stereocenters. The van der Waals surface area contributed by atoms with E-state index in [0.717, 1.165) is 6.20 Å². The van der Waals surface area contributed by atoms with Gasteiger partial charge >= 0.3 is 5.97 Å². The third-order valence-corrected chi connectivity index (χ3v) is 5.99. The number of methoxy groups -OCH3 is 1. The van der Waals surface area contributed by atoms with Crippen LogP contribution in [0, 0.1) is 5.82 Å². The van der Waals surface area contributed by atoms with Crippen LogP contribution in [-0.4, -0.2) is 44.8 Å². The summed E-state index contributed by atoms with van der Waals surface area (Å²) in [5, 5.41) is 2.68. The van der Waals surface area contributed by atoms with Crippen LogP contribution in [0.15, 0.2) is 71.8 Å². The molecule has 2 N–H and O–H groups in total. The molecule has 0 fully saturated rings. The summed E-state index contributed by atoms with van der Waals surface area (Å²) < 4.78 is 44.8. The predicted octanol–water partition coefficient (Wildman–Crippen LogP) is 2.10. The maximum absolute atomic E-state index is 13.0. The fourth-order valence-electron chi connectivity index (χ4n) is 2.89. The molecular weight excluding hydrogens is 465 g/mol. The van der Waals surface area contributed by atoms with Crippen LogP contribution < -0.4 is 10.0 Å². The van der Waals surface area contributed by atoms with Gasteiger partial charge in [-0.15, -0.1) is 0 Å². The Morgan fingerprint density at radius 1 is 0.971 bits per heavy atom. The summed E-state index contributed by atoms with van der Waals surface area (Å²) in [6, 6.07) is 13.5. The number of pyridine rings is 1. The minimum Gasteiger partial charge on any atom is -0.464 e. The minimum absolute atomic E-state index is 0.0267. The predicted molar refractivity (Wildman–Crippen MR) is 119 cm³/mol. The van der Waals surface area contributed by atoms with Crippen LogP contribution in [0.25, 0.3) is 0 Å². The molecule has 0 bridgehead atoms. The van der Waals surface area contributed by atoms with Gasteiger partial charge in [0.1, 0.15) is 11.5 Å². The average Bonchev–Trinajstić information content (AvgIpc) is 2.84. The molecule has 2 aromatic carbocycles. The van der Waals surface area contributed by atoms with Gasteiger partial charge in [0.25, 0.3) is 21.8 Å². The first-order valence-corrected chi connectivity index (χ1v) is 11.4. The standard InChI is InChI=1S/C23H20FN3O6S/c1-33-23(30)20-10-7-17(14-26-20)22(29)27-34(31,32)19-4-2-3-15(13-19)11-12-25-21(28)16-5-8-18(24)9-6-16/h2-10,13-14H,11-12H2,1H3,(H,25,28)(H,27,29). The van der Waals surface area contributed by atoms with Gasteiger partial charge in [0.05, 0.1) is 17.6 Å². The molecule has 0 saturated carbocycles. The van der Waals surface area contributed by atoms with Crippen molar-refractivity contribution >= 4 is 27.8 Å². The van der Waals surface area contributed by atoms with Crippen molar-refractivity contribution in [2.45, 2.75) is 11.3 Å². The minimum atomic E-state index is -4.19. The SMILES string of the molecule is COC(=O)c1ccc(C(=O)NS(=O)(=O)c2cccc(CCNC(=O)c3ccc(F)cc3)c2)cn1. The molecule has 3 aromatic rings. The number of amides is 2. The number of sulfonamides is 1. The maximum Gasteiger partial charge on any atom is 0.356 e. The van der Waals surface area contributed by atoms with E-state index in [1.807, 2.05) is 4.72 Å². The first-order valence-electron chi connectivity index (χ1n) is 9.94. The van der Waals surface area contributed by atoms with Crippen LogP contribution in [-0.2, 0) is 21.2 Å². The van der Waals surface area contributed by atoms with Crippen molar-refractivity contribution in [3.63, 3.8) is 0 Å². The molecule has 0 aliphatic heterocycles. The van der Waals surface area contributed by atoms with Crippen LogP contribution >= 0.6 is 0 Å². The number of esters is 1. The lowest BCUT2D eigenvalue weighted by Crippen LogP contribution is -2.31. The van der Waals surface area contributed by atoms with E-state index in [2.05, 4.69) is 15.0 Å². The number of halogens is 1. The lowest BCUT2D eigenvalue weighted by atomic mass is 10.1. The number of ether oxygens (including phenoxy) is 1. The molecule has 2 amide bonds. The zero-order valence-corrected chi connectivity index (χ0v) is 18.8. The molecule has 1 aromatic heterocycles. The molecule has 1 heterocycles. The van der Waals surface area contributed by atoms with E-state index < -0.39 is 27.7 Å². The van der Waals surface area contributed by atoms with Crippen molar-refractivity contribution in [3.8, 4) is 0 Å². The van der Waals surface area contributed by atoms with Gasteiger partial charge in [-0.25, -0.2) is 27.3 Å². The zero-order valence-electron chi connectivity index (χ0n) is 17.9. The number of nitrogens with zero attached hydrogens (tertiary/aromatic N) is 1. The van der Waals surface area contributed by atoms with Crippen LogP contribution in [0.5, 0.6) is 0 Å². The Kier molecular flexibility index (Phi) is 7.69. The Balaban J connectivity index is 1.62. The van der Waals surface area contributed by atoms with Crippen LogP contribution in [0.4, 0.5) is 4.39 Å². The van der Waals surface area contributed by atoms with E-state index in [1.165, 1.54) is 61.7 Å². The van der Waals surface area contributed by atoms with Gasteiger partial charge in [0, 0.05) is 18.3 Å². The summed E-state index contributed by atoms with van der Waals surface area (Å²) in [6.45, 7) is 0.213. The molecule has 0 atom stereocenters. The summed E-state index contributed by atoms with van der Waals surface area (Å²) in [5.41, 5.74) is 0.824. The highest BCUT2D eigenvalue weighted by molar-refractivity contribution is 7.90. The molecule has 11 heteroatoms. The normalized spacial score (nSPS) is 10.9. The Hall–Kier alpha value is -4.12. The van der Waals surface area contributed by atoms with Gasteiger partial charge in [-0.05, 0) is 60.5 Å². The average molecular weight is 485 g/mol. The largest absolute Gasteiger partial charge is 0.464 e. The molecule has 34 heavy (non-hydrogen) atoms. The number of carbonyl (C=O) groups is 3. The highest BCUT2D eigenvalue weighted by Crippen LogP contribution is 2.13. The number of hydrogen-bond acceptors (Lipinski definition) is 7. The van der Waals surface area contributed by atoms with E-state index in [0.29, 0.717) is 17.5 Å². The third-order valence-electron chi connectivity index (χ3n) is 4.66. The van der Waals surface area contributed by atoms with Crippen molar-refractivity contribution < 1.29 is 31.9 Å². The second-order valence-corrected chi connectivity index (χ2v) is 8.70. The quantitative estimate of drug-likeness (QED) is 0.467. The lowest BCUT2D eigenvalue weighted by molar-refractivity contribution is 0.0593. The number of aromatic nitrogens is 1. The smallest absolute Gasteiger partial charge is 0.356 e. The summed E-state index contributed by atoms with van der Waals surface area (Å²) in [4.78, 5) is 39.5. The number of hydrogen-bond donors (Lipinski definition) is 2. The number of benzene rings is 2. The number of nitrogens with one attached hydrogen (secondary N) is 2. The zero-order chi connectivity index (χ0) is 24.7. The van der Waals surface area contributed by atoms with E-state index in [-0.39, 0.29) is 28.6 Å². The van der Waals surface area contributed by atoms with Crippen molar-refractivity contribution in [3.05, 3.63) is 95.1 Å². The van der Waals surface area contributed by atoms with Gasteiger partial charge in [0.2, 0.25) is 0 Å². The first-order chi connectivity index (χ1) is 16.2. The van der Waals surface area contributed by atoms with Crippen LogP contribution in [0.1, 0.15) is 36.8 Å². The van der Waals surface area contributed by atoms with E-state index in [4.69, 9.17) is 0 Å². The fourth-order valence-corrected chi connectivity index (χ4v) is 3.93. The topological polar surface area (TPSA) is 132 Å². The Bertz CT molecular complexity index is 1310. The fraction of sp³-hybridized carbons (Fsp3) is 0.130. The second kappa shape index (κ2) is 10.7. The third kappa shape index (κ3) is 6.23. The maximum atomic E-state index is 13.0. The molecule has 3 rings (SSSR count). The number of rotatable bonds is 8. The molecule has 0 saturated heterocycles. The van der Waals surface area contributed by atoms with E-state index in [1.54, 1.807) is 6.07 Å². The number of carbonyl (C=O) groups excluding carboxylic acids is 3. The summed E-state index contributed by atoms with van der Waals surface area (Å²) in [7, 11) is -3.01. The monoisotopic (exact) mass is 485 g/mol. The van der Waals surface area contributed by atoms with Crippen molar-refractivity contribution in [1.82, 2.24) is 15.0 Å². The molecule has 0 spiro atoms. The van der Waals surface area contributed by atoms with E-state index in [9.17, 15) is 27.2 Å². The van der Waals surface area contributed by atoms with Gasteiger partial charge in [-0.3, -0.25) is 9.59 Å². The summed E-state index contributed by atoms with van der Waals surface area (Å²) in [5.74, 6) is -2.44. The van der Waals surface area contributed by atoms with Crippen LogP contribution in [0.3, 0.4) is 0 Å². The highest BCUT2D eigenvalue weighted by Gasteiger charge is 2.20. The van der Waals surface area contributed by atoms with E-state index >= 15 is 0 Å². The second-order valence-electron chi connectivity index (χ2n) is 7.02. The molecule has 176 valence electrons. The van der Waals surface area contributed by atoms with Gasteiger partial charge in [0.15, 0.2) is 0 Å². The van der Waals surface area contributed by atoms with Crippen molar-refractivity contribution in [2.75, 3.05) is 13.7 Å². The molecule has 9 nitrogen and oxygen atoms in total. The molecule has 0 aliphatic rings. The van der Waals surface area contributed by atoms with Gasteiger partial charge in [-0.2, -0.15) is 0 Å². The highest BCUT2D eigenvalue weighted by atomic mass is 32.2. The van der Waals surface area contributed by atoms with Crippen LogP contribution in [0.2, 0.25) is 0 Å². The molecule has 0 radical (unpaired) electrons. The molecular formula is C23H20FN3O6S. The Morgan fingerprint density at radius 3 is 2.32 bits per heavy atom. The van der Waals surface area contributed by atoms with Gasteiger partial charge < -0.3 is 10.1 Å². The summed E-state index contributed by atoms with van der Waals surface area (Å²) >= 11 is 0. The first kappa shape index (κ1) is 24.5. The molecule has 0 aliphatic carbocycles. The van der Waals surface area contributed by atoms with Crippen molar-refractivity contribution in [2.24, 2.45) is 0 Å². The summed E-state index contributed by atoms with van der Waals surface area (Å²) in [6.07, 6.45) is 1.39. The Labute approximate surface area is 195 Å². The Morgan fingerprint density at radius 2 is 1.68 bits per heavy atom. The van der Waals surface area contributed by atoms with Gasteiger partial charge in [-0.1, -0.05) is 12.1 Å². The van der Waals surface area contributed by atoms with Crippen molar-refractivity contribution in [1.29, 1.82) is 0 Å². The lowest BCUT2D eigenvalue weighted by Gasteiger charge is -2.09.